The summed E-state index contributed by atoms with van der Waals surface area (Å²) in [6.07, 6.45) is 4.02. The normalized spacial score (nSPS) is 20.1. The fraction of sp³-hybridized carbons (Fsp3) is 1.00. The average molecular weight is 201 g/mol. The molecule has 4 unspecified atom stereocenters. The third-order valence-electron chi connectivity index (χ3n) is 3.20. The van der Waals surface area contributed by atoms with Crippen molar-refractivity contribution in [2.45, 2.75) is 64.6 Å². The van der Waals surface area contributed by atoms with E-state index in [0.717, 1.165) is 25.7 Å². The Balaban J connectivity index is 4.03. The lowest BCUT2D eigenvalue weighted by atomic mass is 9.87. The van der Waals surface area contributed by atoms with Crippen molar-refractivity contribution in [3.8, 4) is 0 Å². The molecule has 0 saturated carbocycles. The van der Waals surface area contributed by atoms with Crippen LogP contribution in [0.2, 0.25) is 0 Å². The molecule has 0 saturated heterocycles. The molecule has 0 aliphatic rings. The van der Waals surface area contributed by atoms with E-state index in [1.165, 1.54) is 0 Å². The largest absolute Gasteiger partial charge is 0.327 e. The first kappa shape index (κ1) is 13.9. The van der Waals surface area contributed by atoms with Gasteiger partial charge in [-0.2, -0.15) is 0 Å². The van der Waals surface area contributed by atoms with Crippen LogP contribution in [0.1, 0.15) is 46.5 Å². The van der Waals surface area contributed by atoms with Gasteiger partial charge in [0.2, 0.25) is 0 Å². The molecule has 0 aromatic rings. The minimum atomic E-state index is 0.0996. The summed E-state index contributed by atoms with van der Waals surface area (Å²) in [6.45, 7) is 6.37. The number of hydrogen-bond acceptors (Lipinski definition) is 3. The van der Waals surface area contributed by atoms with Crippen LogP contribution in [0.5, 0.6) is 0 Å². The maximum absolute atomic E-state index is 6.02. The molecular formula is C11H27N3. The van der Waals surface area contributed by atoms with Gasteiger partial charge in [0.05, 0.1) is 0 Å². The van der Waals surface area contributed by atoms with Crippen LogP contribution in [0.4, 0.5) is 0 Å². The van der Waals surface area contributed by atoms with Gasteiger partial charge < -0.3 is 17.2 Å². The lowest BCUT2D eigenvalue weighted by Crippen LogP contribution is -2.44. The Labute approximate surface area is 88.4 Å². The summed E-state index contributed by atoms with van der Waals surface area (Å²) in [7, 11) is 0. The Kier molecular flexibility index (Phi) is 7.15. The molecule has 0 bridgehead atoms. The minimum Gasteiger partial charge on any atom is -0.327 e. The van der Waals surface area contributed by atoms with Crippen molar-refractivity contribution in [1.29, 1.82) is 0 Å². The topological polar surface area (TPSA) is 78.1 Å². The second-order valence-corrected chi connectivity index (χ2v) is 4.21. The maximum atomic E-state index is 6.02. The van der Waals surface area contributed by atoms with Gasteiger partial charge in [-0.1, -0.05) is 27.2 Å². The highest BCUT2D eigenvalue weighted by Crippen LogP contribution is 2.17. The molecule has 0 amide bonds. The van der Waals surface area contributed by atoms with Crippen LogP contribution in [-0.2, 0) is 0 Å². The molecule has 0 spiro atoms. The highest BCUT2D eigenvalue weighted by atomic mass is 14.8. The highest BCUT2D eigenvalue weighted by molar-refractivity contribution is 4.81. The molecule has 0 aromatic heterocycles. The fourth-order valence-electron chi connectivity index (χ4n) is 1.80. The van der Waals surface area contributed by atoms with E-state index in [4.69, 9.17) is 17.2 Å². The van der Waals surface area contributed by atoms with Gasteiger partial charge in [0.25, 0.3) is 0 Å². The van der Waals surface area contributed by atoms with Gasteiger partial charge >= 0.3 is 0 Å². The van der Waals surface area contributed by atoms with Crippen LogP contribution in [-0.4, -0.2) is 18.1 Å². The van der Waals surface area contributed by atoms with Crippen LogP contribution >= 0.6 is 0 Å². The first-order valence-electron chi connectivity index (χ1n) is 5.83. The summed E-state index contributed by atoms with van der Waals surface area (Å²) in [4.78, 5) is 0. The first-order valence-corrected chi connectivity index (χ1v) is 5.83. The van der Waals surface area contributed by atoms with E-state index in [0.29, 0.717) is 5.92 Å². The maximum Gasteiger partial charge on any atom is 0.0195 e. The van der Waals surface area contributed by atoms with E-state index < -0.39 is 0 Å². The summed E-state index contributed by atoms with van der Waals surface area (Å²) in [5.41, 5.74) is 17.9. The van der Waals surface area contributed by atoms with E-state index >= 15 is 0 Å². The molecule has 4 atom stereocenters. The SMILES string of the molecule is CCC(N)C(N)CC(CC)C(N)CC. The minimum absolute atomic E-state index is 0.0996. The summed E-state index contributed by atoms with van der Waals surface area (Å²) >= 11 is 0. The smallest absolute Gasteiger partial charge is 0.0195 e. The van der Waals surface area contributed by atoms with Crippen molar-refractivity contribution in [2.24, 2.45) is 23.1 Å². The van der Waals surface area contributed by atoms with Crippen LogP contribution < -0.4 is 17.2 Å². The van der Waals surface area contributed by atoms with Gasteiger partial charge in [-0.25, -0.2) is 0 Å². The van der Waals surface area contributed by atoms with Crippen molar-refractivity contribution >= 4 is 0 Å². The Hall–Kier alpha value is -0.120. The van der Waals surface area contributed by atoms with Crippen molar-refractivity contribution < 1.29 is 0 Å². The Bertz CT molecular complexity index is 138. The van der Waals surface area contributed by atoms with E-state index in [1.54, 1.807) is 0 Å². The van der Waals surface area contributed by atoms with E-state index in [9.17, 15) is 0 Å². The van der Waals surface area contributed by atoms with Crippen molar-refractivity contribution in [2.75, 3.05) is 0 Å². The monoisotopic (exact) mass is 201 g/mol. The van der Waals surface area contributed by atoms with E-state index in [2.05, 4.69) is 20.8 Å². The van der Waals surface area contributed by atoms with E-state index in [-0.39, 0.29) is 18.1 Å². The van der Waals surface area contributed by atoms with Crippen LogP contribution in [0.25, 0.3) is 0 Å². The standard InChI is InChI=1S/C11H27N3/c1-4-8(9(12)5-2)7-11(14)10(13)6-3/h8-11H,4-7,12-14H2,1-3H3. The Morgan fingerprint density at radius 2 is 1.21 bits per heavy atom. The first-order chi connectivity index (χ1) is 6.56. The molecule has 0 aliphatic carbocycles. The number of rotatable bonds is 7. The predicted molar refractivity (Wildman–Crippen MR) is 62.9 cm³/mol. The third-order valence-corrected chi connectivity index (χ3v) is 3.20. The summed E-state index contributed by atoms with van der Waals surface area (Å²) in [5, 5.41) is 0. The van der Waals surface area contributed by atoms with Crippen molar-refractivity contribution in [1.82, 2.24) is 0 Å². The molecule has 0 fully saturated rings. The molecule has 3 heteroatoms. The van der Waals surface area contributed by atoms with Crippen LogP contribution in [0.15, 0.2) is 0 Å². The zero-order valence-corrected chi connectivity index (χ0v) is 9.87. The van der Waals surface area contributed by atoms with Crippen molar-refractivity contribution in [3.63, 3.8) is 0 Å². The van der Waals surface area contributed by atoms with Crippen LogP contribution in [0.3, 0.4) is 0 Å². The molecule has 0 radical (unpaired) electrons. The van der Waals surface area contributed by atoms with Crippen LogP contribution in [0, 0.1) is 5.92 Å². The number of nitrogens with two attached hydrogens (primary N) is 3. The van der Waals surface area contributed by atoms with E-state index in [1.807, 2.05) is 0 Å². The van der Waals surface area contributed by atoms with Gasteiger partial charge in [0.1, 0.15) is 0 Å². The number of hydrogen-bond donors (Lipinski definition) is 3. The molecular weight excluding hydrogens is 174 g/mol. The van der Waals surface area contributed by atoms with Gasteiger partial charge in [0.15, 0.2) is 0 Å². The quantitative estimate of drug-likeness (QED) is 0.579. The molecule has 0 rings (SSSR count). The van der Waals surface area contributed by atoms with Gasteiger partial charge in [-0.3, -0.25) is 0 Å². The summed E-state index contributed by atoms with van der Waals surface area (Å²) < 4.78 is 0. The fourth-order valence-corrected chi connectivity index (χ4v) is 1.80. The van der Waals surface area contributed by atoms with Crippen molar-refractivity contribution in [3.05, 3.63) is 0 Å². The molecule has 6 N–H and O–H groups in total. The zero-order chi connectivity index (χ0) is 11.1. The van der Waals surface area contributed by atoms with Gasteiger partial charge in [-0.05, 0) is 25.2 Å². The van der Waals surface area contributed by atoms with Gasteiger partial charge in [0, 0.05) is 18.1 Å². The third kappa shape index (κ3) is 4.40. The van der Waals surface area contributed by atoms with Gasteiger partial charge in [-0.15, -0.1) is 0 Å². The average Bonchev–Trinajstić information content (AvgIpc) is 2.22. The summed E-state index contributed by atoms with van der Waals surface area (Å²) in [5.74, 6) is 0.521. The predicted octanol–water partition coefficient (Wildman–Crippen LogP) is 1.20. The summed E-state index contributed by atoms with van der Waals surface area (Å²) in [6, 6.07) is 0.491. The Morgan fingerprint density at radius 3 is 1.57 bits per heavy atom. The lowest BCUT2D eigenvalue weighted by molar-refractivity contribution is 0.323. The lowest BCUT2D eigenvalue weighted by Gasteiger charge is -2.27. The molecule has 0 heterocycles. The second-order valence-electron chi connectivity index (χ2n) is 4.21. The molecule has 0 aliphatic heterocycles. The Morgan fingerprint density at radius 1 is 0.714 bits per heavy atom. The molecule has 14 heavy (non-hydrogen) atoms. The molecule has 86 valence electrons. The molecule has 0 aromatic carbocycles. The second kappa shape index (κ2) is 7.21. The zero-order valence-electron chi connectivity index (χ0n) is 9.87. The molecule has 3 nitrogen and oxygen atoms in total. The highest BCUT2D eigenvalue weighted by Gasteiger charge is 2.20.